The molecule has 184 valence electrons. The SMILES string of the molecule is CCN(CCOC)C1C=CC(=Nc2nc(-c3ccc(-n4cnc(CC(N)=S)c4)cc3)cs2)C(C)C1. The summed E-state index contributed by atoms with van der Waals surface area (Å²) in [6.07, 6.45) is 9.73. The molecule has 3 aromatic rings. The highest BCUT2D eigenvalue weighted by Gasteiger charge is 2.23. The number of allylic oxidation sites excluding steroid dienone is 1. The number of hydrogen-bond acceptors (Lipinski definition) is 7. The van der Waals surface area contributed by atoms with Crippen LogP contribution in [-0.4, -0.2) is 63.0 Å². The molecule has 2 aromatic heterocycles. The van der Waals surface area contributed by atoms with Crippen molar-refractivity contribution in [2.45, 2.75) is 32.7 Å². The maximum atomic E-state index is 5.62. The molecule has 2 unspecified atom stereocenters. The summed E-state index contributed by atoms with van der Waals surface area (Å²) in [4.78, 5) is 16.9. The molecule has 2 atom stereocenters. The molecular weight excluding hydrogens is 476 g/mol. The van der Waals surface area contributed by atoms with Gasteiger partial charge in [0.05, 0.1) is 29.3 Å². The van der Waals surface area contributed by atoms with Crippen molar-refractivity contribution in [3.8, 4) is 16.9 Å². The quantitative estimate of drug-likeness (QED) is 0.395. The number of aliphatic imine (C=N–C) groups is 1. The molecule has 2 heterocycles. The molecule has 35 heavy (non-hydrogen) atoms. The van der Waals surface area contributed by atoms with Crippen LogP contribution >= 0.6 is 23.6 Å². The van der Waals surface area contributed by atoms with E-state index < -0.39 is 0 Å². The van der Waals surface area contributed by atoms with E-state index in [9.17, 15) is 0 Å². The number of benzene rings is 1. The molecule has 0 fully saturated rings. The first kappa shape index (κ1) is 25.4. The average Bonchev–Trinajstić information content (AvgIpc) is 3.51. The van der Waals surface area contributed by atoms with Gasteiger partial charge >= 0.3 is 0 Å². The Morgan fingerprint density at radius 3 is 2.83 bits per heavy atom. The molecule has 0 saturated heterocycles. The smallest absolute Gasteiger partial charge is 0.209 e. The van der Waals surface area contributed by atoms with E-state index in [-0.39, 0.29) is 0 Å². The second-order valence-electron chi connectivity index (χ2n) is 8.70. The van der Waals surface area contributed by atoms with Crippen LogP contribution in [-0.2, 0) is 11.2 Å². The van der Waals surface area contributed by atoms with Crippen molar-refractivity contribution in [2.75, 3.05) is 26.8 Å². The van der Waals surface area contributed by atoms with Crippen LogP contribution in [0.4, 0.5) is 5.13 Å². The Bertz CT molecular complexity index is 1200. The van der Waals surface area contributed by atoms with Gasteiger partial charge in [-0.05, 0) is 31.2 Å². The van der Waals surface area contributed by atoms with Crippen LogP contribution in [0.2, 0.25) is 0 Å². The van der Waals surface area contributed by atoms with E-state index in [0.717, 1.165) is 59.6 Å². The van der Waals surface area contributed by atoms with Crippen LogP contribution in [0.15, 0.2) is 59.3 Å². The van der Waals surface area contributed by atoms with Gasteiger partial charge in [-0.3, -0.25) is 4.90 Å². The summed E-state index contributed by atoms with van der Waals surface area (Å²) >= 11 is 6.55. The van der Waals surface area contributed by atoms with Crippen LogP contribution in [0.5, 0.6) is 0 Å². The third-order valence-electron chi connectivity index (χ3n) is 6.22. The lowest BCUT2D eigenvalue weighted by Gasteiger charge is -2.33. The first-order valence-electron chi connectivity index (χ1n) is 11.8. The minimum atomic E-state index is 0.377. The van der Waals surface area contributed by atoms with Gasteiger partial charge < -0.3 is 15.0 Å². The predicted molar refractivity (Wildman–Crippen MR) is 148 cm³/mol. The number of nitrogens with two attached hydrogens (primary N) is 1. The van der Waals surface area contributed by atoms with Gasteiger partial charge in [0.2, 0.25) is 5.13 Å². The van der Waals surface area contributed by atoms with Gasteiger partial charge in [0.1, 0.15) is 0 Å². The third-order valence-corrected chi connectivity index (χ3v) is 7.10. The Morgan fingerprint density at radius 1 is 1.34 bits per heavy atom. The van der Waals surface area contributed by atoms with Crippen LogP contribution in [0.3, 0.4) is 0 Å². The zero-order valence-electron chi connectivity index (χ0n) is 20.4. The van der Waals surface area contributed by atoms with Crippen molar-refractivity contribution in [2.24, 2.45) is 16.6 Å². The fraction of sp³-hybridized carbons (Fsp3) is 0.385. The van der Waals surface area contributed by atoms with E-state index in [1.807, 2.05) is 10.8 Å². The average molecular weight is 509 g/mol. The summed E-state index contributed by atoms with van der Waals surface area (Å²) in [5.74, 6) is 0.377. The van der Waals surface area contributed by atoms with Crippen LogP contribution in [0.25, 0.3) is 16.9 Å². The van der Waals surface area contributed by atoms with E-state index in [4.69, 9.17) is 32.7 Å². The number of likely N-dealkylation sites (N-methyl/N-ethyl adjacent to an activating group) is 1. The Labute approximate surface area is 216 Å². The van der Waals surface area contributed by atoms with Gasteiger partial charge in [-0.2, -0.15) is 0 Å². The van der Waals surface area contributed by atoms with E-state index in [0.29, 0.717) is 23.4 Å². The molecular formula is C26H32N6OS2. The highest BCUT2D eigenvalue weighted by molar-refractivity contribution is 7.80. The minimum absolute atomic E-state index is 0.377. The lowest BCUT2D eigenvalue weighted by atomic mass is 9.90. The molecule has 4 rings (SSSR count). The van der Waals surface area contributed by atoms with Crippen molar-refractivity contribution in [3.05, 3.63) is 60.0 Å². The van der Waals surface area contributed by atoms with Crippen molar-refractivity contribution in [1.82, 2.24) is 19.4 Å². The lowest BCUT2D eigenvalue weighted by molar-refractivity contribution is 0.131. The van der Waals surface area contributed by atoms with Gasteiger partial charge in [-0.25, -0.2) is 15.0 Å². The van der Waals surface area contributed by atoms with Crippen LogP contribution in [0, 0.1) is 5.92 Å². The molecule has 0 amide bonds. The number of thiazole rings is 1. The number of ether oxygens (including phenoxy) is 1. The normalized spacial score (nSPS) is 19.0. The highest BCUT2D eigenvalue weighted by atomic mass is 32.1. The fourth-order valence-corrected chi connectivity index (χ4v) is 5.12. The van der Waals surface area contributed by atoms with Crippen molar-refractivity contribution in [3.63, 3.8) is 0 Å². The van der Waals surface area contributed by atoms with Crippen LogP contribution in [0.1, 0.15) is 26.0 Å². The second-order valence-corrected chi connectivity index (χ2v) is 10.1. The Balaban J connectivity index is 1.44. The molecule has 0 saturated carbocycles. The number of methoxy groups -OCH3 is 1. The summed E-state index contributed by atoms with van der Waals surface area (Å²) in [5.41, 5.74) is 10.6. The monoisotopic (exact) mass is 508 g/mol. The highest BCUT2D eigenvalue weighted by Crippen LogP contribution is 2.30. The molecule has 1 aromatic carbocycles. The van der Waals surface area contributed by atoms with E-state index in [1.54, 1.807) is 24.8 Å². The topological polar surface area (TPSA) is 81.6 Å². The Kier molecular flexibility index (Phi) is 8.56. The van der Waals surface area contributed by atoms with Crippen molar-refractivity contribution < 1.29 is 4.74 Å². The minimum Gasteiger partial charge on any atom is -0.393 e. The maximum absolute atomic E-state index is 5.62. The Morgan fingerprint density at radius 2 is 2.14 bits per heavy atom. The predicted octanol–water partition coefficient (Wildman–Crippen LogP) is 4.83. The molecule has 2 N–H and O–H groups in total. The van der Waals surface area contributed by atoms with Crippen molar-refractivity contribution >= 4 is 39.4 Å². The Hall–Kier alpha value is -2.72. The number of aromatic nitrogens is 3. The fourth-order valence-electron chi connectivity index (χ4n) is 4.26. The number of thiocarbonyl (C=S) groups is 1. The number of nitrogens with zero attached hydrogens (tertiary/aromatic N) is 5. The number of hydrogen-bond donors (Lipinski definition) is 1. The van der Waals surface area contributed by atoms with E-state index >= 15 is 0 Å². The summed E-state index contributed by atoms with van der Waals surface area (Å²) in [7, 11) is 1.75. The molecule has 0 bridgehead atoms. The van der Waals surface area contributed by atoms with Gasteiger partial charge in [0, 0.05) is 60.6 Å². The molecule has 9 heteroatoms. The molecule has 1 aliphatic carbocycles. The first-order chi connectivity index (χ1) is 17.0. The summed E-state index contributed by atoms with van der Waals surface area (Å²) in [5, 5.41) is 2.85. The third kappa shape index (κ3) is 6.49. The van der Waals surface area contributed by atoms with Gasteiger partial charge in [0.15, 0.2) is 0 Å². The second kappa shape index (κ2) is 11.8. The van der Waals surface area contributed by atoms with Crippen molar-refractivity contribution in [1.29, 1.82) is 0 Å². The van der Waals surface area contributed by atoms with Gasteiger partial charge in [0.25, 0.3) is 0 Å². The van der Waals surface area contributed by atoms with E-state index in [1.165, 1.54) is 0 Å². The van der Waals surface area contributed by atoms with Crippen LogP contribution < -0.4 is 5.73 Å². The summed E-state index contributed by atoms with van der Waals surface area (Å²) in [6.45, 7) is 7.15. The molecule has 7 nitrogen and oxygen atoms in total. The number of imidazole rings is 1. The summed E-state index contributed by atoms with van der Waals surface area (Å²) < 4.78 is 7.23. The molecule has 0 spiro atoms. The maximum Gasteiger partial charge on any atom is 0.209 e. The zero-order chi connectivity index (χ0) is 24.8. The largest absolute Gasteiger partial charge is 0.393 e. The van der Waals surface area contributed by atoms with Gasteiger partial charge in [-0.15, -0.1) is 11.3 Å². The first-order valence-corrected chi connectivity index (χ1v) is 13.1. The van der Waals surface area contributed by atoms with Gasteiger partial charge in [-0.1, -0.05) is 44.3 Å². The standard InChI is InChI=1S/C26H32N6OS2/c1-4-31(11-12-33-3)22-9-10-23(18(2)13-22)29-26-30-24(16-35-26)19-5-7-21(8-6-19)32-15-20(28-17-32)14-25(27)34/h5-10,15-18,22H,4,11-14H2,1-3H3,(H2,27,34). The van der Waals surface area contributed by atoms with E-state index in [2.05, 4.69) is 65.5 Å². The summed E-state index contributed by atoms with van der Waals surface area (Å²) in [6, 6.07) is 8.68. The lowest BCUT2D eigenvalue weighted by Crippen LogP contribution is -2.40. The molecule has 0 radical (unpaired) electrons. The number of rotatable bonds is 10. The molecule has 1 aliphatic rings. The zero-order valence-corrected chi connectivity index (χ0v) is 22.1. The molecule has 0 aliphatic heterocycles.